The molecule has 0 unspecified atom stereocenters. The predicted molar refractivity (Wildman–Crippen MR) is 95.2 cm³/mol. The molecule has 0 atom stereocenters. The average molecular weight is 325 g/mol. The molecule has 0 saturated carbocycles. The molecule has 0 N–H and O–H groups in total. The first kappa shape index (κ1) is 16.4. The maximum Gasteiger partial charge on any atom is 0.142 e. The highest BCUT2D eigenvalue weighted by molar-refractivity contribution is 5.70. The van der Waals surface area contributed by atoms with Crippen molar-refractivity contribution >= 4 is 12.0 Å². The molecule has 1 fully saturated rings. The van der Waals surface area contributed by atoms with Crippen LogP contribution in [0.3, 0.4) is 0 Å². The first-order chi connectivity index (χ1) is 11.7. The molecule has 24 heavy (non-hydrogen) atoms. The van der Waals surface area contributed by atoms with Crippen LogP contribution in [0.5, 0.6) is 11.5 Å². The maximum absolute atomic E-state index is 12.0. The maximum atomic E-state index is 12.0. The first-order valence-electron chi connectivity index (χ1n) is 8.21. The van der Waals surface area contributed by atoms with E-state index in [1.165, 1.54) is 0 Å². The van der Waals surface area contributed by atoms with Gasteiger partial charge in [-0.1, -0.05) is 24.3 Å². The fraction of sp³-hybridized carbons (Fsp3) is 0.350. The highest BCUT2D eigenvalue weighted by Gasteiger charge is 2.36. The molecule has 4 heteroatoms. The van der Waals surface area contributed by atoms with Gasteiger partial charge in [-0.2, -0.15) is 0 Å². The summed E-state index contributed by atoms with van der Waals surface area (Å²) in [5.41, 5.74) is 1.69. The number of rotatable bonds is 5. The number of hydrogen-bond donors (Lipinski definition) is 0. The van der Waals surface area contributed by atoms with Crippen LogP contribution < -0.4 is 14.4 Å². The second kappa shape index (κ2) is 6.95. The van der Waals surface area contributed by atoms with Crippen molar-refractivity contribution in [2.24, 2.45) is 0 Å². The van der Waals surface area contributed by atoms with Crippen molar-refractivity contribution in [3.63, 3.8) is 0 Å². The molecule has 0 radical (unpaired) electrons. The fourth-order valence-corrected chi connectivity index (χ4v) is 3.44. The van der Waals surface area contributed by atoms with Crippen LogP contribution >= 0.6 is 0 Å². The molecular weight excluding hydrogens is 302 g/mol. The molecule has 0 aromatic heterocycles. The Morgan fingerprint density at radius 3 is 2.42 bits per heavy atom. The average Bonchev–Trinajstić information content (AvgIpc) is 2.68. The zero-order chi connectivity index (χ0) is 17.0. The molecule has 0 aliphatic carbocycles. The number of anilines is 1. The van der Waals surface area contributed by atoms with E-state index in [9.17, 15) is 4.79 Å². The van der Waals surface area contributed by atoms with Crippen LogP contribution in [-0.4, -0.2) is 33.6 Å². The Kier molecular flexibility index (Phi) is 4.74. The number of piperidine rings is 1. The van der Waals surface area contributed by atoms with Gasteiger partial charge in [0.05, 0.1) is 25.3 Å². The van der Waals surface area contributed by atoms with Crippen molar-refractivity contribution < 1.29 is 14.3 Å². The Bertz CT molecular complexity index is 706. The SMILES string of the molecule is COc1cccc(C2(C=O)CCN(c3ccccc3OC)CC2)c1. The van der Waals surface area contributed by atoms with Gasteiger partial charge in [0.1, 0.15) is 17.8 Å². The van der Waals surface area contributed by atoms with Crippen molar-refractivity contribution in [2.45, 2.75) is 18.3 Å². The predicted octanol–water partition coefficient (Wildman–Crippen LogP) is 3.44. The molecule has 2 aromatic carbocycles. The molecule has 3 rings (SSSR count). The Labute approximate surface area is 143 Å². The quantitative estimate of drug-likeness (QED) is 0.790. The summed E-state index contributed by atoms with van der Waals surface area (Å²) in [6, 6.07) is 15.9. The molecule has 1 aliphatic rings. The van der Waals surface area contributed by atoms with Crippen LogP contribution in [0.1, 0.15) is 18.4 Å². The third-order valence-corrected chi connectivity index (χ3v) is 4.95. The minimum absolute atomic E-state index is 0.437. The molecular formula is C20H23NO3. The molecule has 1 aliphatic heterocycles. The number of carbonyl (C=O) groups is 1. The minimum atomic E-state index is -0.437. The lowest BCUT2D eigenvalue weighted by molar-refractivity contribution is -0.113. The number of para-hydroxylation sites is 2. The fourth-order valence-electron chi connectivity index (χ4n) is 3.44. The third-order valence-electron chi connectivity index (χ3n) is 4.95. The summed E-state index contributed by atoms with van der Waals surface area (Å²) in [7, 11) is 3.34. The molecule has 1 saturated heterocycles. The van der Waals surface area contributed by atoms with E-state index in [2.05, 4.69) is 11.0 Å². The number of hydrogen-bond acceptors (Lipinski definition) is 4. The Morgan fingerprint density at radius 2 is 1.75 bits per heavy atom. The topological polar surface area (TPSA) is 38.8 Å². The summed E-state index contributed by atoms with van der Waals surface area (Å²) in [4.78, 5) is 14.3. The molecule has 126 valence electrons. The Morgan fingerprint density at radius 1 is 1.00 bits per heavy atom. The number of carbonyl (C=O) groups excluding carboxylic acids is 1. The summed E-state index contributed by atoms with van der Waals surface area (Å²) < 4.78 is 10.8. The summed E-state index contributed by atoms with van der Waals surface area (Å²) in [5, 5.41) is 0. The van der Waals surface area contributed by atoms with Crippen molar-refractivity contribution in [1.82, 2.24) is 0 Å². The lowest BCUT2D eigenvalue weighted by atomic mass is 9.74. The minimum Gasteiger partial charge on any atom is -0.497 e. The van der Waals surface area contributed by atoms with Gasteiger partial charge in [-0.25, -0.2) is 0 Å². The lowest BCUT2D eigenvalue weighted by Crippen LogP contribution is -2.43. The van der Waals surface area contributed by atoms with Crippen molar-refractivity contribution in [1.29, 1.82) is 0 Å². The molecule has 0 amide bonds. The van der Waals surface area contributed by atoms with Gasteiger partial charge in [-0.3, -0.25) is 0 Å². The molecule has 2 aromatic rings. The van der Waals surface area contributed by atoms with Crippen molar-refractivity contribution in [3.8, 4) is 11.5 Å². The summed E-state index contributed by atoms with van der Waals surface area (Å²) >= 11 is 0. The van der Waals surface area contributed by atoms with Gasteiger partial charge in [0.15, 0.2) is 0 Å². The third kappa shape index (κ3) is 2.96. The van der Waals surface area contributed by atoms with Crippen LogP contribution in [0, 0.1) is 0 Å². The lowest BCUT2D eigenvalue weighted by Gasteiger charge is -2.40. The Balaban J connectivity index is 1.82. The zero-order valence-electron chi connectivity index (χ0n) is 14.2. The van der Waals surface area contributed by atoms with Crippen LogP contribution in [0.15, 0.2) is 48.5 Å². The normalized spacial score (nSPS) is 16.5. The number of ether oxygens (including phenoxy) is 2. The molecule has 0 bridgehead atoms. The van der Waals surface area contributed by atoms with Crippen LogP contribution in [0.25, 0.3) is 0 Å². The largest absolute Gasteiger partial charge is 0.497 e. The van der Waals surface area contributed by atoms with E-state index in [1.54, 1.807) is 14.2 Å². The van der Waals surface area contributed by atoms with Crippen LogP contribution in [0.4, 0.5) is 5.69 Å². The summed E-state index contributed by atoms with van der Waals surface area (Å²) in [5.74, 6) is 1.67. The van der Waals surface area contributed by atoms with Gasteiger partial charge >= 0.3 is 0 Å². The standard InChI is InChI=1S/C20H23NO3/c1-23-17-7-5-6-16(14-17)20(15-22)10-12-21(13-11-20)18-8-3-4-9-19(18)24-2/h3-9,14-15H,10-13H2,1-2H3. The van der Waals surface area contributed by atoms with Gasteiger partial charge in [-0.05, 0) is 42.7 Å². The van der Waals surface area contributed by atoms with Crippen LogP contribution in [0.2, 0.25) is 0 Å². The van der Waals surface area contributed by atoms with E-state index in [1.807, 2.05) is 42.5 Å². The molecule has 0 spiro atoms. The Hall–Kier alpha value is -2.49. The van der Waals surface area contributed by atoms with E-state index >= 15 is 0 Å². The van der Waals surface area contributed by atoms with Gasteiger partial charge in [-0.15, -0.1) is 0 Å². The number of methoxy groups -OCH3 is 2. The van der Waals surface area contributed by atoms with E-state index < -0.39 is 5.41 Å². The van der Waals surface area contributed by atoms with Gasteiger partial charge in [0, 0.05) is 13.1 Å². The monoisotopic (exact) mass is 325 g/mol. The summed E-state index contributed by atoms with van der Waals surface area (Å²) in [6.45, 7) is 1.63. The van der Waals surface area contributed by atoms with Crippen LogP contribution in [-0.2, 0) is 10.2 Å². The number of aldehydes is 1. The second-order valence-electron chi connectivity index (χ2n) is 6.16. The smallest absolute Gasteiger partial charge is 0.142 e. The number of benzene rings is 2. The van der Waals surface area contributed by atoms with Gasteiger partial charge in [0.2, 0.25) is 0 Å². The second-order valence-corrected chi connectivity index (χ2v) is 6.16. The van der Waals surface area contributed by atoms with E-state index in [-0.39, 0.29) is 0 Å². The molecule has 4 nitrogen and oxygen atoms in total. The van der Waals surface area contributed by atoms with E-state index in [4.69, 9.17) is 9.47 Å². The highest BCUT2D eigenvalue weighted by atomic mass is 16.5. The van der Waals surface area contributed by atoms with Gasteiger partial charge < -0.3 is 19.2 Å². The summed E-state index contributed by atoms with van der Waals surface area (Å²) in [6.07, 6.45) is 2.67. The zero-order valence-corrected chi connectivity index (χ0v) is 14.2. The number of nitrogens with zero attached hydrogens (tertiary/aromatic N) is 1. The highest BCUT2D eigenvalue weighted by Crippen LogP contribution is 2.38. The molecule has 1 heterocycles. The van der Waals surface area contributed by atoms with Crippen molar-refractivity contribution in [2.75, 3.05) is 32.2 Å². The van der Waals surface area contributed by atoms with Crippen molar-refractivity contribution in [3.05, 3.63) is 54.1 Å². The van der Waals surface area contributed by atoms with E-state index in [0.717, 1.165) is 55.0 Å². The van der Waals surface area contributed by atoms with E-state index in [0.29, 0.717) is 0 Å². The first-order valence-corrected chi connectivity index (χ1v) is 8.21. The van der Waals surface area contributed by atoms with Gasteiger partial charge in [0.25, 0.3) is 0 Å².